The van der Waals surface area contributed by atoms with Gasteiger partial charge in [0.15, 0.2) is 0 Å². The SMILES string of the molecule is CCc1ccc(C)c(-c2ncc(C(=O)O)[nH]2)c1. The zero-order valence-electron chi connectivity index (χ0n) is 9.82. The van der Waals surface area contributed by atoms with Crippen LogP contribution in [0, 0.1) is 6.92 Å². The molecule has 1 aromatic carbocycles. The highest BCUT2D eigenvalue weighted by molar-refractivity contribution is 5.86. The molecule has 0 atom stereocenters. The standard InChI is InChI=1S/C13H14N2O2/c1-3-9-5-4-8(2)10(6-9)12-14-7-11(15-12)13(16)17/h4-7H,3H2,1-2H3,(H,14,15)(H,16,17). The molecule has 2 aromatic rings. The third-order valence-electron chi connectivity index (χ3n) is 2.77. The van der Waals surface area contributed by atoms with Crippen LogP contribution in [0.25, 0.3) is 11.4 Å². The van der Waals surface area contributed by atoms with Gasteiger partial charge in [0.1, 0.15) is 11.5 Å². The summed E-state index contributed by atoms with van der Waals surface area (Å²) in [5.41, 5.74) is 3.35. The minimum Gasteiger partial charge on any atom is -0.477 e. The van der Waals surface area contributed by atoms with Crippen LogP contribution in [0.1, 0.15) is 28.5 Å². The van der Waals surface area contributed by atoms with Crippen molar-refractivity contribution in [2.24, 2.45) is 0 Å². The van der Waals surface area contributed by atoms with Crippen molar-refractivity contribution in [3.8, 4) is 11.4 Å². The van der Waals surface area contributed by atoms with Crippen LogP contribution in [-0.2, 0) is 6.42 Å². The van der Waals surface area contributed by atoms with Gasteiger partial charge in [0.25, 0.3) is 0 Å². The molecule has 0 aliphatic rings. The largest absolute Gasteiger partial charge is 0.477 e. The first kappa shape index (κ1) is 11.4. The first-order chi connectivity index (χ1) is 8.11. The Kier molecular flexibility index (Phi) is 2.95. The number of carboxylic acids is 1. The van der Waals surface area contributed by atoms with Crippen LogP contribution >= 0.6 is 0 Å². The van der Waals surface area contributed by atoms with E-state index in [1.807, 2.05) is 19.1 Å². The number of hydrogen-bond acceptors (Lipinski definition) is 2. The van der Waals surface area contributed by atoms with Crippen LogP contribution in [0.5, 0.6) is 0 Å². The zero-order chi connectivity index (χ0) is 12.4. The predicted molar refractivity (Wildman–Crippen MR) is 65.1 cm³/mol. The Hall–Kier alpha value is -2.10. The number of carbonyl (C=O) groups is 1. The minimum absolute atomic E-state index is 0.112. The molecule has 0 saturated carbocycles. The van der Waals surface area contributed by atoms with E-state index in [1.165, 1.54) is 11.8 Å². The lowest BCUT2D eigenvalue weighted by Crippen LogP contribution is -1.96. The van der Waals surface area contributed by atoms with E-state index in [2.05, 4.69) is 23.0 Å². The summed E-state index contributed by atoms with van der Waals surface area (Å²) in [5, 5.41) is 8.84. The van der Waals surface area contributed by atoms with Gasteiger partial charge in [0.2, 0.25) is 0 Å². The van der Waals surface area contributed by atoms with E-state index in [-0.39, 0.29) is 5.69 Å². The van der Waals surface area contributed by atoms with Crippen LogP contribution in [0.3, 0.4) is 0 Å². The summed E-state index contributed by atoms with van der Waals surface area (Å²) < 4.78 is 0. The van der Waals surface area contributed by atoms with Crippen molar-refractivity contribution in [2.45, 2.75) is 20.3 Å². The normalized spacial score (nSPS) is 10.5. The quantitative estimate of drug-likeness (QED) is 0.851. The van der Waals surface area contributed by atoms with Gasteiger partial charge in [-0.25, -0.2) is 9.78 Å². The van der Waals surface area contributed by atoms with E-state index in [0.29, 0.717) is 5.82 Å². The van der Waals surface area contributed by atoms with Crippen molar-refractivity contribution in [1.82, 2.24) is 9.97 Å². The second kappa shape index (κ2) is 4.41. The number of aryl methyl sites for hydroxylation is 2. The summed E-state index contributed by atoms with van der Waals surface area (Å²) in [5.74, 6) is -0.386. The number of carboxylic acid groups (broad SMARTS) is 1. The molecular formula is C13H14N2O2. The number of benzene rings is 1. The Balaban J connectivity index is 2.47. The van der Waals surface area contributed by atoms with Gasteiger partial charge in [-0.2, -0.15) is 0 Å². The molecule has 0 spiro atoms. The Labute approximate surface area is 99.3 Å². The van der Waals surface area contributed by atoms with Gasteiger partial charge >= 0.3 is 5.97 Å². The molecule has 0 bridgehead atoms. The summed E-state index contributed by atoms with van der Waals surface area (Å²) >= 11 is 0. The maximum absolute atomic E-state index is 10.8. The first-order valence-electron chi connectivity index (χ1n) is 5.50. The Morgan fingerprint density at radius 2 is 2.24 bits per heavy atom. The van der Waals surface area contributed by atoms with Gasteiger partial charge in [-0.05, 0) is 30.5 Å². The summed E-state index contributed by atoms with van der Waals surface area (Å²) in [7, 11) is 0. The number of rotatable bonds is 3. The minimum atomic E-state index is -0.993. The number of imidazole rings is 1. The third-order valence-corrected chi connectivity index (χ3v) is 2.77. The molecule has 0 aliphatic heterocycles. The fourth-order valence-electron chi connectivity index (χ4n) is 1.71. The van der Waals surface area contributed by atoms with Crippen molar-refractivity contribution in [3.63, 3.8) is 0 Å². The molecule has 0 aliphatic carbocycles. The molecule has 0 radical (unpaired) electrons. The van der Waals surface area contributed by atoms with E-state index >= 15 is 0 Å². The van der Waals surface area contributed by atoms with Crippen LogP contribution in [0.15, 0.2) is 24.4 Å². The molecule has 4 heteroatoms. The average molecular weight is 230 g/mol. The molecule has 17 heavy (non-hydrogen) atoms. The average Bonchev–Trinajstić information content (AvgIpc) is 2.79. The number of nitrogens with zero attached hydrogens (tertiary/aromatic N) is 1. The molecule has 88 valence electrons. The molecule has 0 fully saturated rings. The maximum atomic E-state index is 10.8. The van der Waals surface area contributed by atoms with Gasteiger partial charge in [-0.15, -0.1) is 0 Å². The highest BCUT2D eigenvalue weighted by Crippen LogP contribution is 2.22. The molecule has 1 heterocycles. The van der Waals surface area contributed by atoms with Gasteiger partial charge in [0.05, 0.1) is 6.20 Å². The monoisotopic (exact) mass is 230 g/mol. The lowest BCUT2D eigenvalue weighted by Gasteiger charge is -2.05. The van der Waals surface area contributed by atoms with Crippen molar-refractivity contribution in [1.29, 1.82) is 0 Å². The second-order valence-corrected chi connectivity index (χ2v) is 3.95. The molecule has 2 N–H and O–H groups in total. The van der Waals surface area contributed by atoms with E-state index in [1.54, 1.807) is 0 Å². The predicted octanol–water partition coefficient (Wildman–Crippen LogP) is 2.65. The van der Waals surface area contributed by atoms with Crippen molar-refractivity contribution in [2.75, 3.05) is 0 Å². The van der Waals surface area contributed by atoms with Crippen molar-refractivity contribution >= 4 is 5.97 Å². The topological polar surface area (TPSA) is 66.0 Å². The van der Waals surface area contributed by atoms with Crippen molar-refractivity contribution in [3.05, 3.63) is 41.2 Å². The van der Waals surface area contributed by atoms with Crippen molar-refractivity contribution < 1.29 is 9.90 Å². The van der Waals surface area contributed by atoms with Gasteiger partial charge in [-0.1, -0.05) is 19.1 Å². The van der Waals surface area contributed by atoms with Gasteiger partial charge in [-0.3, -0.25) is 0 Å². The number of hydrogen-bond donors (Lipinski definition) is 2. The fraction of sp³-hybridized carbons (Fsp3) is 0.231. The summed E-state index contributed by atoms with van der Waals surface area (Å²) in [6.45, 7) is 4.07. The van der Waals surface area contributed by atoms with E-state index in [0.717, 1.165) is 17.5 Å². The number of aromatic nitrogens is 2. The smallest absolute Gasteiger partial charge is 0.353 e. The summed E-state index contributed by atoms with van der Waals surface area (Å²) in [4.78, 5) is 17.7. The van der Waals surface area contributed by atoms with Crippen LogP contribution in [0.4, 0.5) is 0 Å². The highest BCUT2D eigenvalue weighted by Gasteiger charge is 2.10. The van der Waals surface area contributed by atoms with E-state index in [9.17, 15) is 4.79 Å². The van der Waals surface area contributed by atoms with Crippen LogP contribution in [0.2, 0.25) is 0 Å². The third kappa shape index (κ3) is 2.20. The van der Waals surface area contributed by atoms with E-state index in [4.69, 9.17) is 5.11 Å². The zero-order valence-corrected chi connectivity index (χ0v) is 9.82. The summed E-state index contributed by atoms with van der Waals surface area (Å²) in [6.07, 6.45) is 2.29. The van der Waals surface area contributed by atoms with Crippen LogP contribution in [-0.4, -0.2) is 21.0 Å². The Bertz CT molecular complexity index is 558. The number of aromatic carboxylic acids is 1. The molecule has 4 nitrogen and oxygen atoms in total. The molecule has 1 aromatic heterocycles. The Morgan fingerprint density at radius 3 is 2.82 bits per heavy atom. The second-order valence-electron chi connectivity index (χ2n) is 3.95. The van der Waals surface area contributed by atoms with E-state index < -0.39 is 5.97 Å². The van der Waals surface area contributed by atoms with Gasteiger partial charge in [0, 0.05) is 5.56 Å². The number of aromatic amines is 1. The molecule has 2 rings (SSSR count). The molecule has 0 unspecified atom stereocenters. The number of H-pyrrole nitrogens is 1. The molecule has 0 amide bonds. The Morgan fingerprint density at radius 1 is 1.47 bits per heavy atom. The number of nitrogens with one attached hydrogen (secondary N) is 1. The summed E-state index contributed by atoms with van der Waals surface area (Å²) in [6, 6.07) is 6.14. The lowest BCUT2D eigenvalue weighted by molar-refractivity contribution is 0.0691. The lowest BCUT2D eigenvalue weighted by atomic mass is 10.0. The highest BCUT2D eigenvalue weighted by atomic mass is 16.4. The molecule has 0 saturated heterocycles. The fourth-order valence-corrected chi connectivity index (χ4v) is 1.71. The van der Waals surface area contributed by atoms with Crippen LogP contribution < -0.4 is 0 Å². The maximum Gasteiger partial charge on any atom is 0.353 e. The molecular weight excluding hydrogens is 216 g/mol. The first-order valence-corrected chi connectivity index (χ1v) is 5.50. The van der Waals surface area contributed by atoms with Gasteiger partial charge < -0.3 is 10.1 Å².